The van der Waals surface area contributed by atoms with Crippen molar-refractivity contribution in [1.29, 1.82) is 0 Å². The van der Waals surface area contributed by atoms with Gasteiger partial charge in [0, 0.05) is 0 Å². The van der Waals surface area contributed by atoms with Crippen LogP contribution in [0.2, 0.25) is 0 Å². The molecular weight excluding hydrogens is 638 g/mol. The molecule has 1 aromatic heterocycles. The Hall–Kier alpha value is -2.86. The van der Waals surface area contributed by atoms with Gasteiger partial charge in [0.15, 0.2) is 0 Å². The van der Waals surface area contributed by atoms with Gasteiger partial charge in [0.1, 0.15) is 6.61 Å². The van der Waals surface area contributed by atoms with E-state index in [1.165, 1.54) is 25.0 Å². The van der Waals surface area contributed by atoms with Gasteiger partial charge >= 0.3 is 211 Å². The first kappa shape index (κ1) is 28.7. The van der Waals surface area contributed by atoms with Gasteiger partial charge in [-0.2, -0.15) is 0 Å². The number of carbonyl (C=O) groups excluding carboxylic acids is 1. The van der Waals surface area contributed by atoms with Crippen molar-refractivity contribution in [3.8, 4) is 17.0 Å². The Morgan fingerprint density at radius 3 is 2.70 bits per heavy atom. The Labute approximate surface area is 241 Å². The Balaban J connectivity index is 1.28. The molecule has 1 aromatic carbocycles. The molecule has 2 fully saturated rings. The van der Waals surface area contributed by atoms with E-state index < -0.39 is 38.5 Å². The van der Waals surface area contributed by atoms with Gasteiger partial charge in [-0.15, -0.1) is 0 Å². The van der Waals surface area contributed by atoms with Gasteiger partial charge in [-0.25, -0.2) is 0 Å². The number of halogens is 4. The van der Waals surface area contributed by atoms with Gasteiger partial charge in [0.05, 0.1) is 5.60 Å². The summed E-state index contributed by atoms with van der Waals surface area (Å²) in [6.07, 6.45) is -0.623. The van der Waals surface area contributed by atoms with Crippen molar-refractivity contribution >= 4 is 5.97 Å². The van der Waals surface area contributed by atoms with E-state index in [9.17, 15) is 23.1 Å². The van der Waals surface area contributed by atoms with Crippen LogP contribution in [0.4, 0.5) is 13.2 Å². The van der Waals surface area contributed by atoms with Gasteiger partial charge in [-0.1, -0.05) is 0 Å². The molecule has 0 amide bonds. The number of aliphatic hydroxyl groups is 1. The molecule has 10 heteroatoms. The Bertz CT molecular complexity index is 1390. The number of hydrogen-bond acceptors (Lipinski definition) is 6. The van der Waals surface area contributed by atoms with Gasteiger partial charge in [0.2, 0.25) is 0 Å². The number of alkyl halides is 3. The van der Waals surface area contributed by atoms with E-state index in [1.807, 2.05) is 19.1 Å². The van der Waals surface area contributed by atoms with Crippen molar-refractivity contribution in [3.63, 3.8) is 0 Å². The summed E-state index contributed by atoms with van der Waals surface area (Å²) in [5, 5.41) is 9.83. The Kier molecular flexibility index (Phi) is 8.02. The molecule has 2 aliphatic carbocycles. The number of rotatable bonds is 9. The second-order valence-corrected chi connectivity index (χ2v) is 12.7. The number of aromatic nitrogens is 1. The topological polar surface area (TPSA) is 77.9 Å². The summed E-state index contributed by atoms with van der Waals surface area (Å²) in [7, 11) is 0. The summed E-state index contributed by atoms with van der Waals surface area (Å²) in [6, 6.07) is 7.63. The molecule has 3 atom stereocenters. The molecule has 0 spiro atoms. The molecule has 3 aliphatic rings. The first-order valence-corrected chi connectivity index (χ1v) is 15.5. The molecule has 1 N–H and O–H groups in total. The summed E-state index contributed by atoms with van der Waals surface area (Å²) in [5.41, 5.74) is 1.38. The summed E-state index contributed by atoms with van der Waals surface area (Å²) in [5.74, 6) is 0.956. The van der Waals surface area contributed by atoms with Gasteiger partial charge in [-0.05, 0) is 13.8 Å². The standard InChI is InChI=1S/C30H30F3INO5/c1-4-38-28(36)27-21-10-19-9-20(12-34-13-22(19)26(21)27)39-15-17-6-5-7-18(8-17)23-14-35-25(40-16-29(2,3)37)11-24(23)30(31,32)33/h5-9,11-14,21,26-27,37H,4,10,15-16H2,1-3H3/q-1/t21-,26-,27+/m1/s1. The van der Waals surface area contributed by atoms with Gasteiger partial charge in [0.25, 0.3) is 0 Å². The van der Waals surface area contributed by atoms with E-state index in [2.05, 4.69) is 13.1 Å². The third-order valence-electron chi connectivity index (χ3n) is 6.98. The van der Waals surface area contributed by atoms with Crippen LogP contribution in [0.15, 0.2) is 67.7 Å². The van der Waals surface area contributed by atoms with Crippen LogP contribution in [0.5, 0.6) is 5.88 Å². The second kappa shape index (κ2) is 11.2. The van der Waals surface area contributed by atoms with Crippen molar-refractivity contribution in [3.05, 3.63) is 78.8 Å². The molecule has 6 nitrogen and oxygen atoms in total. The first-order chi connectivity index (χ1) is 18.9. The molecule has 2 saturated carbocycles. The van der Waals surface area contributed by atoms with Crippen LogP contribution in [0, 0.1) is 17.8 Å². The molecule has 1 aliphatic heterocycles. The number of esters is 1. The maximum atomic E-state index is 14.0. The molecule has 5 rings (SSSR count). The Morgan fingerprint density at radius 2 is 1.98 bits per heavy atom. The molecule has 0 bridgehead atoms. The van der Waals surface area contributed by atoms with E-state index in [1.54, 1.807) is 18.2 Å². The maximum absolute atomic E-state index is 14.0. The average molecular weight is 668 g/mol. The normalized spacial score (nSPS) is 22.0. The summed E-state index contributed by atoms with van der Waals surface area (Å²) < 4.78 is 62.8. The molecule has 214 valence electrons. The minimum atomic E-state index is -4.63. The quantitative estimate of drug-likeness (QED) is 0.328. The Morgan fingerprint density at radius 1 is 1.18 bits per heavy atom. The van der Waals surface area contributed by atoms with Crippen LogP contribution in [0.3, 0.4) is 0 Å². The summed E-state index contributed by atoms with van der Waals surface area (Å²) >= 11 is -0.407. The van der Waals surface area contributed by atoms with Crippen LogP contribution in [0.1, 0.15) is 38.3 Å². The molecular formula is C30H30F3INO5-. The van der Waals surface area contributed by atoms with Crippen molar-refractivity contribution < 1.29 is 58.5 Å². The number of nitrogens with zero attached hydrogens (tertiary/aromatic N) is 1. The third-order valence-corrected chi connectivity index (χ3v) is 8.99. The van der Waals surface area contributed by atoms with E-state index in [4.69, 9.17) is 14.2 Å². The predicted molar refractivity (Wildman–Crippen MR) is 137 cm³/mol. The fraction of sp³-hybridized carbons (Fsp3) is 0.400. The molecule has 0 unspecified atom stereocenters. The van der Waals surface area contributed by atoms with Gasteiger partial charge < -0.3 is 5.11 Å². The molecule has 40 heavy (non-hydrogen) atoms. The van der Waals surface area contributed by atoms with Crippen molar-refractivity contribution in [2.24, 2.45) is 17.8 Å². The summed E-state index contributed by atoms with van der Waals surface area (Å²) in [4.78, 5) is 16.3. The fourth-order valence-corrected chi connectivity index (χ4v) is 7.24. The van der Waals surface area contributed by atoms with E-state index >= 15 is 0 Å². The predicted octanol–water partition coefficient (Wildman–Crippen LogP) is 3.02. The van der Waals surface area contributed by atoms with E-state index in [-0.39, 0.29) is 42.5 Å². The molecule has 2 heterocycles. The first-order valence-electron chi connectivity index (χ1n) is 13.0. The minimum absolute atomic E-state index is 0.0317. The number of carbonyl (C=O) groups is 1. The molecule has 0 radical (unpaired) electrons. The van der Waals surface area contributed by atoms with Crippen molar-refractivity contribution in [2.45, 2.75) is 45.6 Å². The fourth-order valence-electron chi connectivity index (χ4n) is 5.15. The number of pyridine rings is 1. The number of hydrogen-bond donors (Lipinski definition) is 1. The third kappa shape index (κ3) is 6.38. The SMILES string of the molecule is CCOC(=O)[C@H]1[C@@H]2CC3=CC(OCc4cccc(-c5cnc(OCC(C)(C)O)cc5C(F)(F)F)c4)=C[I-]C=C3[C@@H]21. The number of fused-ring (bicyclic) bond motifs is 3. The monoisotopic (exact) mass is 668 g/mol. The van der Waals surface area contributed by atoms with Crippen LogP contribution >= 0.6 is 0 Å². The van der Waals surface area contributed by atoms with Crippen LogP contribution in [0.25, 0.3) is 11.1 Å². The number of ether oxygens (including phenoxy) is 3. The average Bonchev–Trinajstić information content (AvgIpc) is 3.55. The van der Waals surface area contributed by atoms with Crippen LogP contribution in [-0.2, 0) is 27.1 Å². The van der Waals surface area contributed by atoms with E-state index in [0.29, 0.717) is 18.1 Å². The van der Waals surface area contributed by atoms with Crippen molar-refractivity contribution in [1.82, 2.24) is 4.98 Å². The zero-order valence-corrected chi connectivity index (χ0v) is 24.5. The van der Waals surface area contributed by atoms with Crippen LogP contribution in [-0.4, -0.2) is 34.9 Å². The molecule has 0 saturated heterocycles. The second-order valence-electron chi connectivity index (χ2n) is 10.7. The zero-order chi connectivity index (χ0) is 28.7. The summed E-state index contributed by atoms with van der Waals surface area (Å²) in [6.45, 7) is 5.21. The number of benzene rings is 1. The van der Waals surface area contributed by atoms with E-state index in [0.717, 1.165) is 30.0 Å². The van der Waals surface area contributed by atoms with Crippen LogP contribution < -0.4 is 25.9 Å². The molecule has 2 aromatic rings. The van der Waals surface area contributed by atoms with Crippen molar-refractivity contribution in [2.75, 3.05) is 13.2 Å². The number of allylic oxidation sites excluding steroid dienone is 3. The van der Waals surface area contributed by atoms with Gasteiger partial charge in [-0.3, -0.25) is 0 Å². The zero-order valence-electron chi connectivity index (χ0n) is 22.3.